The minimum atomic E-state index is -0.0626. The molecule has 0 saturated heterocycles. The molecule has 1 aliphatic carbocycles. The summed E-state index contributed by atoms with van der Waals surface area (Å²) in [6, 6.07) is 0. The van der Waals surface area contributed by atoms with Crippen molar-refractivity contribution < 1.29 is 19.1 Å². The third-order valence-electron chi connectivity index (χ3n) is 6.73. The Labute approximate surface area is 198 Å². The summed E-state index contributed by atoms with van der Waals surface area (Å²) in [4.78, 5) is 24.6. The molecule has 0 amide bonds. The zero-order chi connectivity index (χ0) is 23.6. The third kappa shape index (κ3) is 14.9. The van der Waals surface area contributed by atoms with Gasteiger partial charge in [0.2, 0.25) is 0 Å². The van der Waals surface area contributed by atoms with Crippen LogP contribution in [0.4, 0.5) is 0 Å². The van der Waals surface area contributed by atoms with Gasteiger partial charge in [0.1, 0.15) is 0 Å². The van der Waals surface area contributed by atoms with Crippen LogP contribution in [0, 0.1) is 23.7 Å². The van der Waals surface area contributed by atoms with E-state index in [0.717, 1.165) is 63.2 Å². The monoisotopic (exact) mass is 452 g/mol. The summed E-state index contributed by atoms with van der Waals surface area (Å²) in [6.45, 7) is 10.2. The highest BCUT2D eigenvalue weighted by molar-refractivity contribution is 5.75. The summed E-state index contributed by atoms with van der Waals surface area (Å²) < 4.78 is 11.0. The molecular weight excluding hydrogens is 400 g/mol. The van der Waals surface area contributed by atoms with Crippen molar-refractivity contribution >= 4 is 11.9 Å². The molecule has 0 radical (unpaired) electrons. The Bertz CT molecular complexity index is 478. The molecule has 0 aromatic carbocycles. The van der Waals surface area contributed by atoms with Gasteiger partial charge in [0.25, 0.3) is 0 Å². The van der Waals surface area contributed by atoms with Gasteiger partial charge in [-0.15, -0.1) is 0 Å². The van der Waals surface area contributed by atoms with Crippen LogP contribution in [0.1, 0.15) is 130 Å². The third-order valence-corrected chi connectivity index (χ3v) is 6.73. The number of carbonyl (C=O) groups is 2. The van der Waals surface area contributed by atoms with Crippen molar-refractivity contribution in [3.05, 3.63) is 0 Å². The fourth-order valence-corrected chi connectivity index (χ4v) is 4.52. The van der Waals surface area contributed by atoms with E-state index in [2.05, 4.69) is 27.7 Å². The fourth-order valence-electron chi connectivity index (χ4n) is 4.52. The van der Waals surface area contributed by atoms with E-state index in [1.54, 1.807) is 0 Å². The van der Waals surface area contributed by atoms with Crippen LogP contribution >= 0.6 is 0 Å². The minimum Gasteiger partial charge on any atom is -0.465 e. The molecule has 0 heterocycles. The molecule has 1 aliphatic rings. The second kappa shape index (κ2) is 18.4. The minimum absolute atomic E-state index is 0.0314. The van der Waals surface area contributed by atoms with E-state index in [1.807, 2.05) is 0 Å². The number of unbranched alkanes of at least 4 members (excludes halogenated alkanes) is 8. The smallest absolute Gasteiger partial charge is 0.308 e. The molecule has 32 heavy (non-hydrogen) atoms. The maximum atomic E-state index is 12.3. The number of esters is 2. The van der Waals surface area contributed by atoms with E-state index in [-0.39, 0.29) is 23.8 Å². The van der Waals surface area contributed by atoms with Crippen LogP contribution in [0.3, 0.4) is 0 Å². The van der Waals surface area contributed by atoms with Crippen LogP contribution in [0.2, 0.25) is 0 Å². The Morgan fingerprint density at radius 2 is 0.875 bits per heavy atom. The molecule has 0 aliphatic heterocycles. The van der Waals surface area contributed by atoms with Gasteiger partial charge < -0.3 is 9.47 Å². The summed E-state index contributed by atoms with van der Waals surface area (Å²) >= 11 is 0. The molecule has 0 N–H and O–H groups in total. The van der Waals surface area contributed by atoms with Gasteiger partial charge in [-0.3, -0.25) is 9.59 Å². The molecule has 0 atom stereocenters. The van der Waals surface area contributed by atoms with Crippen molar-refractivity contribution in [2.45, 2.75) is 130 Å². The Hall–Kier alpha value is -1.06. The lowest BCUT2D eigenvalue weighted by Gasteiger charge is -2.26. The number of hydrogen-bond donors (Lipinski definition) is 0. The number of ether oxygens (including phenoxy) is 2. The quantitative estimate of drug-likeness (QED) is 0.157. The SMILES string of the molecule is CC(C)CCCCCCCCOC(=O)C1CCC(C(=O)OCCCCCCC(C)C)CC1. The van der Waals surface area contributed by atoms with Gasteiger partial charge in [0, 0.05) is 0 Å². The molecule has 4 heteroatoms. The predicted octanol–water partition coefficient (Wildman–Crippen LogP) is 7.87. The van der Waals surface area contributed by atoms with Crippen LogP contribution < -0.4 is 0 Å². The van der Waals surface area contributed by atoms with E-state index in [4.69, 9.17) is 9.47 Å². The predicted molar refractivity (Wildman–Crippen MR) is 132 cm³/mol. The average Bonchev–Trinajstić information content (AvgIpc) is 2.76. The van der Waals surface area contributed by atoms with Crippen molar-refractivity contribution in [3.8, 4) is 0 Å². The van der Waals surface area contributed by atoms with E-state index in [0.29, 0.717) is 13.2 Å². The van der Waals surface area contributed by atoms with Crippen LogP contribution in [-0.4, -0.2) is 25.2 Å². The van der Waals surface area contributed by atoms with Crippen molar-refractivity contribution in [1.29, 1.82) is 0 Å². The lowest BCUT2D eigenvalue weighted by Crippen LogP contribution is -2.28. The average molecular weight is 453 g/mol. The van der Waals surface area contributed by atoms with E-state index >= 15 is 0 Å². The molecule has 1 rings (SSSR count). The van der Waals surface area contributed by atoms with Gasteiger partial charge in [-0.1, -0.05) is 91.9 Å². The van der Waals surface area contributed by atoms with Crippen molar-refractivity contribution in [1.82, 2.24) is 0 Å². The molecule has 1 fully saturated rings. The van der Waals surface area contributed by atoms with Crippen LogP contribution in [0.15, 0.2) is 0 Å². The summed E-state index contributed by atoms with van der Waals surface area (Å²) in [7, 11) is 0. The summed E-state index contributed by atoms with van der Waals surface area (Å²) in [5, 5.41) is 0. The summed E-state index contributed by atoms with van der Waals surface area (Å²) in [6.07, 6.45) is 17.5. The van der Waals surface area contributed by atoms with Crippen molar-refractivity contribution in [3.63, 3.8) is 0 Å². The normalized spacial score (nSPS) is 18.8. The largest absolute Gasteiger partial charge is 0.465 e. The highest BCUT2D eigenvalue weighted by Crippen LogP contribution is 2.30. The Balaban J connectivity index is 1.99. The molecule has 188 valence electrons. The second-order valence-corrected chi connectivity index (χ2v) is 10.8. The first-order valence-electron chi connectivity index (χ1n) is 13.7. The molecule has 0 aromatic rings. The first-order chi connectivity index (χ1) is 15.4. The molecule has 0 bridgehead atoms. The van der Waals surface area contributed by atoms with E-state index in [9.17, 15) is 9.59 Å². The van der Waals surface area contributed by atoms with Gasteiger partial charge in [-0.25, -0.2) is 0 Å². The topological polar surface area (TPSA) is 52.6 Å². The van der Waals surface area contributed by atoms with Crippen LogP contribution in [0.5, 0.6) is 0 Å². The van der Waals surface area contributed by atoms with Crippen LogP contribution in [-0.2, 0) is 19.1 Å². The first kappa shape index (κ1) is 29.0. The number of rotatable bonds is 18. The Morgan fingerprint density at radius 3 is 1.22 bits per heavy atom. The van der Waals surface area contributed by atoms with Gasteiger partial charge in [-0.05, 0) is 50.4 Å². The number of hydrogen-bond acceptors (Lipinski definition) is 4. The fraction of sp³-hybridized carbons (Fsp3) is 0.929. The van der Waals surface area contributed by atoms with Crippen molar-refractivity contribution in [2.75, 3.05) is 13.2 Å². The standard InChI is InChI=1S/C28H52O4/c1-23(2)15-11-7-5-6-9-13-21-31-27(29)25-17-19-26(20-18-25)28(30)32-22-14-10-8-12-16-24(3)4/h23-26H,5-22H2,1-4H3. The zero-order valence-electron chi connectivity index (χ0n) is 21.7. The number of carbonyl (C=O) groups excluding carboxylic acids is 2. The Morgan fingerprint density at radius 1 is 0.562 bits per heavy atom. The maximum Gasteiger partial charge on any atom is 0.308 e. The lowest BCUT2D eigenvalue weighted by atomic mass is 9.82. The first-order valence-corrected chi connectivity index (χ1v) is 13.7. The van der Waals surface area contributed by atoms with Gasteiger partial charge in [-0.2, -0.15) is 0 Å². The molecule has 0 unspecified atom stereocenters. The molecule has 1 saturated carbocycles. The molecular formula is C28H52O4. The van der Waals surface area contributed by atoms with Crippen LogP contribution in [0.25, 0.3) is 0 Å². The van der Waals surface area contributed by atoms with E-state index < -0.39 is 0 Å². The maximum absolute atomic E-state index is 12.3. The molecule has 0 aromatic heterocycles. The lowest BCUT2D eigenvalue weighted by molar-refractivity contribution is -0.155. The highest BCUT2D eigenvalue weighted by Gasteiger charge is 2.31. The van der Waals surface area contributed by atoms with Crippen molar-refractivity contribution in [2.24, 2.45) is 23.7 Å². The second-order valence-electron chi connectivity index (χ2n) is 10.8. The van der Waals surface area contributed by atoms with Gasteiger partial charge >= 0.3 is 11.9 Å². The highest BCUT2D eigenvalue weighted by atomic mass is 16.5. The van der Waals surface area contributed by atoms with E-state index in [1.165, 1.54) is 51.4 Å². The Kier molecular flexibility index (Phi) is 16.6. The van der Waals surface area contributed by atoms with Gasteiger partial charge in [0.05, 0.1) is 25.0 Å². The summed E-state index contributed by atoms with van der Waals surface area (Å²) in [5.41, 5.74) is 0. The molecule has 0 spiro atoms. The summed E-state index contributed by atoms with van der Waals surface area (Å²) in [5.74, 6) is 1.40. The van der Waals surface area contributed by atoms with Gasteiger partial charge in [0.15, 0.2) is 0 Å². The molecule has 4 nitrogen and oxygen atoms in total. The zero-order valence-corrected chi connectivity index (χ0v) is 21.7.